The number of carbonyl (C=O) groups excluding carboxylic acids is 2. The van der Waals surface area contributed by atoms with Crippen LogP contribution in [0.15, 0.2) is 115 Å². The Hall–Kier alpha value is -4.61. The van der Waals surface area contributed by atoms with Crippen molar-refractivity contribution in [3.63, 3.8) is 0 Å². The summed E-state index contributed by atoms with van der Waals surface area (Å²) in [6.45, 7) is 0.867. The molecule has 3 aromatic carbocycles. The Bertz CT molecular complexity index is 1730. The number of hydrazine groups is 1. The number of carbonyl (C=O) groups is 2. The molecule has 0 spiro atoms. The van der Waals surface area contributed by atoms with Gasteiger partial charge in [0.05, 0.1) is 13.1 Å². The highest BCUT2D eigenvalue weighted by Crippen LogP contribution is 2.39. The Morgan fingerprint density at radius 1 is 0.936 bits per heavy atom. The monoisotopic (exact) mass is 635 g/mol. The first-order valence-corrected chi connectivity index (χ1v) is 15.9. The van der Waals surface area contributed by atoms with Gasteiger partial charge in [-0.25, -0.2) is 9.40 Å². The average molecular weight is 636 g/mol. The fourth-order valence-corrected chi connectivity index (χ4v) is 7.44. The molecular weight excluding hydrogens is 597 g/mol. The second-order valence-corrected chi connectivity index (χ2v) is 12.7. The minimum atomic E-state index is -1.27. The molecule has 2 amide bonds. The molecule has 2 saturated heterocycles. The number of hydrogen-bond donors (Lipinski definition) is 3. The van der Waals surface area contributed by atoms with Crippen molar-refractivity contribution >= 4 is 11.8 Å². The van der Waals surface area contributed by atoms with E-state index in [0.29, 0.717) is 13.1 Å². The van der Waals surface area contributed by atoms with E-state index in [1.54, 1.807) is 41.3 Å². The number of rotatable bonds is 6. The molecule has 4 aliphatic rings. The SMILES string of the molecule is CN1CC(=O)N2[C@@H](Cc3ccc(O)cc3)C(=O)N3CC(c4ccccc4)C4=CC(O)C(NCc5ccc(F)cc5)(/C=C\C=C4)N1[C@H]2C3. The smallest absolute Gasteiger partial charge is 0.245 e. The molecule has 3 heterocycles. The Balaban J connectivity index is 1.40. The number of likely N-dealkylation sites (N-methyl/N-ethyl adjacent to an activating group) is 1. The van der Waals surface area contributed by atoms with Crippen LogP contribution in [0.3, 0.4) is 0 Å². The molecule has 0 aromatic heterocycles. The van der Waals surface area contributed by atoms with Crippen molar-refractivity contribution in [1.82, 2.24) is 25.1 Å². The number of hydrogen-bond acceptors (Lipinski definition) is 7. The maximum absolute atomic E-state index is 14.5. The molecule has 242 valence electrons. The Labute approximate surface area is 273 Å². The zero-order chi connectivity index (χ0) is 32.7. The summed E-state index contributed by atoms with van der Waals surface area (Å²) in [6, 6.07) is 22.1. The van der Waals surface area contributed by atoms with Crippen molar-refractivity contribution in [2.45, 2.75) is 42.9 Å². The van der Waals surface area contributed by atoms with E-state index in [1.165, 1.54) is 12.1 Å². The number of aliphatic hydroxyl groups is 1. The van der Waals surface area contributed by atoms with E-state index >= 15 is 0 Å². The number of aromatic hydroxyl groups is 1. The number of nitrogens with zero attached hydrogens (tertiary/aromatic N) is 4. The number of nitrogens with one attached hydrogen (secondary N) is 1. The highest BCUT2D eigenvalue weighted by Gasteiger charge is 2.56. The van der Waals surface area contributed by atoms with Crippen LogP contribution in [-0.2, 0) is 22.6 Å². The van der Waals surface area contributed by atoms with Gasteiger partial charge in [-0.3, -0.25) is 14.9 Å². The number of phenols is 1. The quantitative estimate of drug-likeness (QED) is 0.383. The van der Waals surface area contributed by atoms with Gasteiger partial charge in [0.2, 0.25) is 11.8 Å². The molecule has 5 atom stereocenters. The van der Waals surface area contributed by atoms with Gasteiger partial charge in [0.25, 0.3) is 0 Å². The number of amides is 2. The maximum Gasteiger partial charge on any atom is 0.245 e. The number of benzene rings is 3. The molecule has 2 fully saturated rings. The molecule has 1 aliphatic carbocycles. The van der Waals surface area contributed by atoms with E-state index in [0.717, 1.165) is 22.3 Å². The topological polar surface area (TPSA) is 99.6 Å². The van der Waals surface area contributed by atoms with Crippen LogP contribution in [0.1, 0.15) is 22.6 Å². The zero-order valence-corrected chi connectivity index (χ0v) is 26.1. The van der Waals surface area contributed by atoms with E-state index in [9.17, 15) is 24.2 Å². The summed E-state index contributed by atoms with van der Waals surface area (Å²) in [5.41, 5.74) is 2.24. The molecule has 0 radical (unpaired) electrons. The van der Waals surface area contributed by atoms with E-state index < -0.39 is 24.0 Å². The number of halogens is 1. The second kappa shape index (κ2) is 12.5. The van der Waals surface area contributed by atoms with Gasteiger partial charge in [-0.2, -0.15) is 5.01 Å². The first-order valence-electron chi connectivity index (χ1n) is 15.9. The van der Waals surface area contributed by atoms with E-state index in [4.69, 9.17) is 0 Å². The summed E-state index contributed by atoms with van der Waals surface area (Å²) in [6.07, 6.45) is 8.14. The van der Waals surface area contributed by atoms with Crippen molar-refractivity contribution in [3.05, 3.63) is 137 Å². The van der Waals surface area contributed by atoms with Crippen molar-refractivity contribution in [1.29, 1.82) is 0 Å². The van der Waals surface area contributed by atoms with Crippen LogP contribution >= 0.6 is 0 Å². The third-order valence-electron chi connectivity index (χ3n) is 9.73. The van der Waals surface area contributed by atoms with Crippen LogP contribution in [0.2, 0.25) is 0 Å². The molecule has 3 N–H and O–H groups in total. The molecular formula is C37H38FN5O4. The Morgan fingerprint density at radius 2 is 1.66 bits per heavy atom. The second-order valence-electron chi connectivity index (χ2n) is 12.7. The molecule has 4 bridgehead atoms. The van der Waals surface area contributed by atoms with Gasteiger partial charge in [0.1, 0.15) is 35.5 Å². The lowest BCUT2D eigenvalue weighted by Gasteiger charge is -2.61. The maximum atomic E-state index is 14.5. The fourth-order valence-electron chi connectivity index (χ4n) is 7.44. The highest BCUT2D eigenvalue weighted by molar-refractivity contribution is 5.90. The number of piperazine rings is 1. The Kier molecular flexibility index (Phi) is 8.27. The van der Waals surface area contributed by atoms with Crippen LogP contribution in [0, 0.1) is 5.82 Å². The van der Waals surface area contributed by atoms with Gasteiger partial charge >= 0.3 is 0 Å². The van der Waals surface area contributed by atoms with Crippen LogP contribution in [0.4, 0.5) is 4.39 Å². The highest BCUT2D eigenvalue weighted by atomic mass is 19.1. The Morgan fingerprint density at radius 3 is 2.40 bits per heavy atom. The summed E-state index contributed by atoms with van der Waals surface area (Å²) < 4.78 is 13.8. The van der Waals surface area contributed by atoms with Crippen molar-refractivity contribution in [3.8, 4) is 5.75 Å². The normalized spacial score (nSPS) is 28.5. The van der Waals surface area contributed by atoms with Crippen LogP contribution in [-0.4, -0.2) is 92.5 Å². The molecule has 3 unspecified atom stereocenters. The predicted octanol–water partition coefficient (Wildman–Crippen LogP) is 3.30. The summed E-state index contributed by atoms with van der Waals surface area (Å²) in [5, 5.41) is 29.7. The van der Waals surface area contributed by atoms with E-state index in [1.807, 2.05) is 82.7 Å². The molecule has 3 aliphatic heterocycles. The summed E-state index contributed by atoms with van der Waals surface area (Å²) >= 11 is 0. The van der Waals surface area contributed by atoms with Crippen LogP contribution < -0.4 is 5.32 Å². The van der Waals surface area contributed by atoms with Gasteiger partial charge < -0.3 is 20.0 Å². The third kappa shape index (κ3) is 5.78. The molecule has 47 heavy (non-hydrogen) atoms. The lowest BCUT2D eigenvalue weighted by atomic mass is 9.84. The average Bonchev–Trinajstić information content (AvgIpc) is 3.05. The van der Waals surface area contributed by atoms with Gasteiger partial charge in [-0.05, 0) is 58.7 Å². The van der Waals surface area contributed by atoms with E-state index in [2.05, 4.69) is 5.32 Å². The lowest BCUT2D eigenvalue weighted by molar-refractivity contribution is -0.234. The summed E-state index contributed by atoms with van der Waals surface area (Å²) in [4.78, 5) is 32.0. The number of fused-ring (bicyclic) bond motifs is 4. The molecule has 3 aromatic rings. The van der Waals surface area contributed by atoms with Crippen molar-refractivity contribution in [2.24, 2.45) is 0 Å². The van der Waals surface area contributed by atoms with Crippen LogP contribution in [0.5, 0.6) is 5.75 Å². The summed E-state index contributed by atoms with van der Waals surface area (Å²) in [7, 11) is 1.82. The largest absolute Gasteiger partial charge is 0.508 e. The molecule has 0 saturated carbocycles. The molecule has 7 rings (SSSR count). The zero-order valence-electron chi connectivity index (χ0n) is 26.1. The molecule has 10 heteroatoms. The van der Waals surface area contributed by atoms with Crippen molar-refractivity contribution in [2.75, 3.05) is 26.7 Å². The van der Waals surface area contributed by atoms with E-state index in [-0.39, 0.29) is 48.8 Å². The first kappa shape index (κ1) is 31.0. The van der Waals surface area contributed by atoms with Gasteiger partial charge in [0, 0.05) is 32.5 Å². The predicted molar refractivity (Wildman–Crippen MR) is 175 cm³/mol. The fraction of sp³-hybridized carbons (Fsp3) is 0.297. The first-order chi connectivity index (χ1) is 22.7. The summed E-state index contributed by atoms with van der Waals surface area (Å²) in [5.74, 6) is -0.793. The number of phenolic OH excluding ortho intramolecular Hbond substituents is 1. The van der Waals surface area contributed by atoms with Crippen LogP contribution in [0.25, 0.3) is 0 Å². The lowest BCUT2D eigenvalue weighted by Crippen LogP contribution is -2.81. The van der Waals surface area contributed by atoms with Gasteiger partial charge in [-0.15, -0.1) is 0 Å². The number of aliphatic hydroxyl groups excluding tert-OH is 1. The van der Waals surface area contributed by atoms with Gasteiger partial charge in [-0.1, -0.05) is 72.8 Å². The molecule has 9 nitrogen and oxygen atoms in total. The third-order valence-corrected chi connectivity index (χ3v) is 9.73. The number of allylic oxidation sites excluding steroid dienone is 3. The van der Waals surface area contributed by atoms with Crippen molar-refractivity contribution < 1.29 is 24.2 Å². The minimum Gasteiger partial charge on any atom is -0.508 e. The standard InChI is InChI=1S/C37H38FN5O4/c1-40-24-35(46)42-32(19-25-12-16-30(44)17-13-25)36(47)41-22-31(27-7-3-2-4-8-27)28-9-5-6-18-37(33(45)20-28,43(40)34(42)23-41)39-21-26-10-14-29(38)15-11-26/h2-18,20,31-34,39,44-45H,19,21-24H2,1H3/b9-5?,18-6-,28-20?/t31?,32-,33?,34-,37?/m0/s1. The van der Waals surface area contributed by atoms with Gasteiger partial charge in [0.15, 0.2) is 0 Å². The minimum absolute atomic E-state index is 0.00452.